The van der Waals surface area contributed by atoms with Crippen LogP contribution in [0.25, 0.3) is 0 Å². The van der Waals surface area contributed by atoms with Gasteiger partial charge in [-0.2, -0.15) is 0 Å². The SMILES string of the molecule is Cc1cccc(NC(=O)COC(=O)CCN2C(=O)COc3ccccc32)c1C. The van der Waals surface area contributed by atoms with Crippen LogP contribution in [-0.4, -0.2) is 37.5 Å². The van der Waals surface area contributed by atoms with Gasteiger partial charge in [-0.3, -0.25) is 14.4 Å². The molecule has 28 heavy (non-hydrogen) atoms. The lowest BCUT2D eigenvalue weighted by Crippen LogP contribution is -2.40. The molecule has 1 aliphatic heterocycles. The van der Waals surface area contributed by atoms with Gasteiger partial charge in [0.1, 0.15) is 5.75 Å². The molecule has 0 radical (unpaired) electrons. The van der Waals surface area contributed by atoms with Crippen LogP contribution in [0.2, 0.25) is 0 Å². The molecule has 0 aromatic heterocycles. The van der Waals surface area contributed by atoms with E-state index in [1.807, 2.05) is 32.0 Å². The van der Waals surface area contributed by atoms with Crippen molar-refractivity contribution in [3.05, 3.63) is 53.6 Å². The number of anilines is 2. The number of ether oxygens (including phenoxy) is 2. The molecule has 0 atom stereocenters. The molecule has 3 rings (SSSR count). The van der Waals surface area contributed by atoms with Gasteiger partial charge in [-0.05, 0) is 43.2 Å². The Bertz CT molecular complexity index is 909. The molecule has 0 bridgehead atoms. The van der Waals surface area contributed by atoms with Gasteiger partial charge in [0.25, 0.3) is 11.8 Å². The Morgan fingerprint density at radius 1 is 1.14 bits per heavy atom. The summed E-state index contributed by atoms with van der Waals surface area (Å²) >= 11 is 0. The van der Waals surface area contributed by atoms with E-state index in [0.717, 1.165) is 11.1 Å². The summed E-state index contributed by atoms with van der Waals surface area (Å²) in [6, 6.07) is 12.7. The van der Waals surface area contributed by atoms with E-state index in [4.69, 9.17) is 9.47 Å². The van der Waals surface area contributed by atoms with E-state index in [-0.39, 0.29) is 32.1 Å². The summed E-state index contributed by atoms with van der Waals surface area (Å²) in [5, 5.41) is 2.73. The lowest BCUT2D eigenvalue weighted by molar-refractivity contribution is -0.147. The summed E-state index contributed by atoms with van der Waals surface area (Å²) in [7, 11) is 0. The van der Waals surface area contributed by atoms with E-state index < -0.39 is 11.9 Å². The smallest absolute Gasteiger partial charge is 0.308 e. The number of esters is 1. The lowest BCUT2D eigenvalue weighted by Gasteiger charge is -2.28. The van der Waals surface area contributed by atoms with Crippen LogP contribution in [0, 0.1) is 13.8 Å². The monoisotopic (exact) mass is 382 g/mol. The van der Waals surface area contributed by atoms with Crippen LogP contribution in [0.5, 0.6) is 5.75 Å². The Kier molecular flexibility index (Phi) is 5.93. The Morgan fingerprint density at radius 2 is 1.93 bits per heavy atom. The summed E-state index contributed by atoms with van der Waals surface area (Å²) in [4.78, 5) is 37.6. The summed E-state index contributed by atoms with van der Waals surface area (Å²) in [6.07, 6.45) is -0.0170. The van der Waals surface area contributed by atoms with Crippen molar-refractivity contribution in [2.75, 3.05) is 30.0 Å². The van der Waals surface area contributed by atoms with Crippen molar-refractivity contribution in [2.45, 2.75) is 20.3 Å². The zero-order valence-corrected chi connectivity index (χ0v) is 15.9. The molecule has 146 valence electrons. The minimum atomic E-state index is -0.548. The fourth-order valence-corrected chi connectivity index (χ4v) is 2.89. The molecule has 2 aromatic rings. The number of fused-ring (bicyclic) bond motifs is 1. The van der Waals surface area contributed by atoms with E-state index in [1.165, 1.54) is 4.90 Å². The lowest BCUT2D eigenvalue weighted by atomic mass is 10.1. The van der Waals surface area contributed by atoms with Crippen molar-refractivity contribution in [3.63, 3.8) is 0 Å². The van der Waals surface area contributed by atoms with Gasteiger partial charge in [0, 0.05) is 12.2 Å². The highest BCUT2D eigenvalue weighted by molar-refractivity contribution is 5.98. The second-order valence-corrected chi connectivity index (χ2v) is 6.51. The van der Waals surface area contributed by atoms with E-state index >= 15 is 0 Å². The van der Waals surface area contributed by atoms with Crippen molar-refractivity contribution in [1.29, 1.82) is 0 Å². The van der Waals surface area contributed by atoms with Crippen molar-refractivity contribution >= 4 is 29.2 Å². The number of hydrogen-bond acceptors (Lipinski definition) is 5. The maximum absolute atomic E-state index is 12.1. The molecule has 7 heteroatoms. The van der Waals surface area contributed by atoms with Crippen molar-refractivity contribution in [3.8, 4) is 5.75 Å². The number of hydrogen-bond donors (Lipinski definition) is 1. The minimum absolute atomic E-state index is 0.0170. The maximum Gasteiger partial charge on any atom is 0.308 e. The van der Waals surface area contributed by atoms with Crippen LogP contribution in [-0.2, 0) is 19.1 Å². The van der Waals surface area contributed by atoms with Crippen LogP contribution in [0.3, 0.4) is 0 Å². The van der Waals surface area contributed by atoms with Crippen LogP contribution in [0.4, 0.5) is 11.4 Å². The number of carbonyl (C=O) groups excluding carboxylic acids is 3. The average Bonchev–Trinajstić information content (AvgIpc) is 2.69. The Morgan fingerprint density at radius 3 is 2.75 bits per heavy atom. The highest BCUT2D eigenvalue weighted by Crippen LogP contribution is 2.31. The summed E-state index contributed by atoms with van der Waals surface area (Å²) < 4.78 is 10.4. The highest BCUT2D eigenvalue weighted by atomic mass is 16.5. The van der Waals surface area contributed by atoms with Crippen LogP contribution in [0.15, 0.2) is 42.5 Å². The molecule has 0 saturated heterocycles. The first-order valence-electron chi connectivity index (χ1n) is 8.99. The maximum atomic E-state index is 12.1. The number of aryl methyl sites for hydroxylation is 1. The van der Waals surface area contributed by atoms with Gasteiger partial charge in [-0.15, -0.1) is 0 Å². The van der Waals surface area contributed by atoms with Crippen LogP contribution >= 0.6 is 0 Å². The van der Waals surface area contributed by atoms with Crippen molar-refractivity contribution in [2.24, 2.45) is 0 Å². The molecule has 1 heterocycles. The fourth-order valence-electron chi connectivity index (χ4n) is 2.89. The molecule has 2 aromatic carbocycles. The van der Waals surface area contributed by atoms with Gasteiger partial charge in [-0.25, -0.2) is 0 Å². The third-order valence-corrected chi connectivity index (χ3v) is 4.59. The molecule has 0 unspecified atom stereocenters. The molecule has 0 saturated carbocycles. The standard InChI is InChI=1S/C21H22N2O5/c1-14-6-5-7-16(15(14)2)22-19(24)12-28-21(26)10-11-23-17-8-3-4-9-18(17)27-13-20(23)25/h3-9H,10-13H2,1-2H3,(H,22,24). The highest BCUT2D eigenvalue weighted by Gasteiger charge is 2.25. The number of benzene rings is 2. The summed E-state index contributed by atoms with van der Waals surface area (Å²) in [5.74, 6) is -0.578. The Balaban J connectivity index is 1.49. The first-order chi connectivity index (χ1) is 13.5. The van der Waals surface area contributed by atoms with Crippen LogP contribution < -0.4 is 15.0 Å². The average molecular weight is 382 g/mol. The zero-order valence-electron chi connectivity index (χ0n) is 15.9. The van der Waals surface area contributed by atoms with E-state index in [9.17, 15) is 14.4 Å². The molecule has 1 aliphatic rings. The Hall–Kier alpha value is -3.35. The number of nitrogens with zero attached hydrogens (tertiary/aromatic N) is 1. The van der Waals surface area contributed by atoms with Gasteiger partial charge < -0.3 is 19.7 Å². The van der Waals surface area contributed by atoms with Gasteiger partial charge in [0.05, 0.1) is 12.1 Å². The molecule has 2 amide bonds. The minimum Gasteiger partial charge on any atom is -0.482 e. The number of nitrogens with one attached hydrogen (secondary N) is 1. The first kappa shape index (κ1) is 19.4. The van der Waals surface area contributed by atoms with Crippen molar-refractivity contribution < 1.29 is 23.9 Å². The molecule has 0 spiro atoms. The molecule has 0 aliphatic carbocycles. The zero-order chi connectivity index (χ0) is 20.1. The molecule has 1 N–H and O–H groups in total. The normalized spacial score (nSPS) is 12.8. The van der Waals surface area contributed by atoms with Gasteiger partial charge in [0.15, 0.2) is 13.2 Å². The Labute approximate surface area is 163 Å². The second kappa shape index (κ2) is 8.56. The summed E-state index contributed by atoms with van der Waals surface area (Å²) in [6.45, 7) is 3.59. The number of carbonyl (C=O) groups is 3. The molecular weight excluding hydrogens is 360 g/mol. The molecular formula is C21H22N2O5. The number of para-hydroxylation sites is 2. The quantitative estimate of drug-likeness (QED) is 0.777. The van der Waals surface area contributed by atoms with Gasteiger partial charge in [-0.1, -0.05) is 24.3 Å². The third kappa shape index (κ3) is 4.49. The fraction of sp³-hybridized carbons (Fsp3) is 0.286. The topological polar surface area (TPSA) is 84.9 Å². The predicted molar refractivity (Wildman–Crippen MR) is 104 cm³/mol. The van der Waals surface area contributed by atoms with Gasteiger partial charge in [0.2, 0.25) is 0 Å². The van der Waals surface area contributed by atoms with E-state index in [0.29, 0.717) is 17.1 Å². The molecule has 0 fully saturated rings. The second-order valence-electron chi connectivity index (χ2n) is 6.51. The number of amides is 2. The van der Waals surface area contributed by atoms with Crippen molar-refractivity contribution in [1.82, 2.24) is 0 Å². The molecule has 7 nitrogen and oxygen atoms in total. The predicted octanol–water partition coefficient (Wildman–Crippen LogP) is 2.60. The third-order valence-electron chi connectivity index (χ3n) is 4.59. The van der Waals surface area contributed by atoms with Crippen LogP contribution in [0.1, 0.15) is 17.5 Å². The summed E-state index contributed by atoms with van der Waals surface area (Å²) in [5.41, 5.74) is 3.34. The van der Waals surface area contributed by atoms with E-state index in [2.05, 4.69) is 5.32 Å². The van der Waals surface area contributed by atoms with Gasteiger partial charge >= 0.3 is 5.97 Å². The first-order valence-corrected chi connectivity index (χ1v) is 8.99. The largest absolute Gasteiger partial charge is 0.482 e. The number of rotatable bonds is 6. The van der Waals surface area contributed by atoms with E-state index in [1.54, 1.807) is 24.3 Å².